The molecule has 0 saturated carbocycles. The number of rotatable bonds is 3. The quantitative estimate of drug-likeness (QED) is 0.509. The SMILES string of the molecule is Cc1ccc(-c2ccc(C=NN=C(N)N)cc2)cc1C. The average Bonchev–Trinajstić information content (AvgIpc) is 2.42. The van der Waals surface area contributed by atoms with Gasteiger partial charge in [0.15, 0.2) is 0 Å². The number of hydrogen-bond acceptors (Lipinski definition) is 2. The Morgan fingerprint density at radius 3 is 2.15 bits per heavy atom. The molecule has 4 nitrogen and oxygen atoms in total. The highest BCUT2D eigenvalue weighted by atomic mass is 15.3. The van der Waals surface area contributed by atoms with Crippen molar-refractivity contribution < 1.29 is 0 Å². The van der Waals surface area contributed by atoms with Gasteiger partial charge in [-0.1, -0.05) is 42.5 Å². The van der Waals surface area contributed by atoms with Gasteiger partial charge < -0.3 is 11.5 Å². The molecule has 0 radical (unpaired) electrons. The first-order valence-corrected chi connectivity index (χ1v) is 6.36. The van der Waals surface area contributed by atoms with E-state index in [0.717, 1.165) is 5.56 Å². The van der Waals surface area contributed by atoms with E-state index in [1.807, 2.05) is 12.1 Å². The summed E-state index contributed by atoms with van der Waals surface area (Å²) >= 11 is 0. The van der Waals surface area contributed by atoms with Crippen LogP contribution < -0.4 is 11.5 Å². The van der Waals surface area contributed by atoms with Crippen molar-refractivity contribution in [3.8, 4) is 11.1 Å². The lowest BCUT2D eigenvalue weighted by atomic mass is 10.00. The maximum Gasteiger partial charge on any atom is 0.211 e. The first-order chi connectivity index (χ1) is 9.56. The van der Waals surface area contributed by atoms with Crippen molar-refractivity contribution in [2.24, 2.45) is 21.7 Å². The molecule has 0 aromatic heterocycles. The van der Waals surface area contributed by atoms with Gasteiger partial charge in [0.05, 0.1) is 6.21 Å². The molecule has 0 bridgehead atoms. The van der Waals surface area contributed by atoms with E-state index in [2.05, 4.69) is 54.4 Å². The fraction of sp³-hybridized carbons (Fsp3) is 0.125. The summed E-state index contributed by atoms with van der Waals surface area (Å²) in [5.41, 5.74) is 16.3. The van der Waals surface area contributed by atoms with E-state index in [-0.39, 0.29) is 5.96 Å². The Morgan fingerprint density at radius 2 is 1.55 bits per heavy atom. The molecule has 0 aliphatic carbocycles. The molecule has 0 heterocycles. The molecule has 0 aliphatic rings. The van der Waals surface area contributed by atoms with E-state index in [1.54, 1.807) is 6.21 Å². The van der Waals surface area contributed by atoms with E-state index < -0.39 is 0 Å². The maximum absolute atomic E-state index is 5.20. The highest BCUT2D eigenvalue weighted by Crippen LogP contribution is 2.22. The molecule has 2 aromatic carbocycles. The first kappa shape index (κ1) is 13.8. The lowest BCUT2D eigenvalue weighted by Gasteiger charge is -2.05. The van der Waals surface area contributed by atoms with E-state index in [1.165, 1.54) is 22.3 Å². The van der Waals surface area contributed by atoms with Gasteiger partial charge in [0.25, 0.3) is 0 Å². The summed E-state index contributed by atoms with van der Waals surface area (Å²) in [5, 5.41) is 7.35. The standard InChI is InChI=1S/C16H18N4/c1-11-3-6-15(9-12(11)2)14-7-4-13(5-8-14)10-19-20-16(17)18/h3-10H,1-2H3,(H4,17,18,20). The summed E-state index contributed by atoms with van der Waals surface area (Å²) in [6.07, 6.45) is 1.61. The second-order valence-electron chi connectivity index (χ2n) is 4.69. The maximum atomic E-state index is 5.20. The number of nitrogens with two attached hydrogens (primary N) is 2. The fourth-order valence-electron chi connectivity index (χ4n) is 1.84. The van der Waals surface area contributed by atoms with Gasteiger partial charge in [0.1, 0.15) is 0 Å². The summed E-state index contributed by atoms with van der Waals surface area (Å²) in [6, 6.07) is 14.5. The Hall–Kier alpha value is -2.62. The molecule has 102 valence electrons. The van der Waals surface area contributed by atoms with Crippen LogP contribution in [0.15, 0.2) is 52.7 Å². The Bertz CT molecular complexity index is 651. The Labute approximate surface area is 118 Å². The molecule has 4 heteroatoms. The van der Waals surface area contributed by atoms with Gasteiger partial charge in [-0.2, -0.15) is 5.10 Å². The van der Waals surface area contributed by atoms with Gasteiger partial charge >= 0.3 is 0 Å². The molecule has 0 amide bonds. The third-order valence-corrected chi connectivity index (χ3v) is 3.13. The molecule has 2 rings (SSSR count). The van der Waals surface area contributed by atoms with Gasteiger partial charge in [0.2, 0.25) is 5.96 Å². The Kier molecular flexibility index (Phi) is 4.15. The van der Waals surface area contributed by atoms with Crippen LogP contribution in [0.4, 0.5) is 0 Å². The second-order valence-corrected chi connectivity index (χ2v) is 4.69. The summed E-state index contributed by atoms with van der Waals surface area (Å²) < 4.78 is 0. The molecule has 4 N–H and O–H groups in total. The normalized spacial score (nSPS) is 10.7. The van der Waals surface area contributed by atoms with Crippen molar-refractivity contribution >= 4 is 12.2 Å². The minimum atomic E-state index is -0.0481. The second kappa shape index (κ2) is 6.02. The van der Waals surface area contributed by atoms with Crippen LogP contribution in [0.1, 0.15) is 16.7 Å². The van der Waals surface area contributed by atoms with E-state index in [4.69, 9.17) is 11.5 Å². The van der Waals surface area contributed by atoms with Gasteiger partial charge in [0, 0.05) is 0 Å². The van der Waals surface area contributed by atoms with Crippen LogP contribution in [-0.2, 0) is 0 Å². The van der Waals surface area contributed by atoms with Gasteiger partial charge in [-0.25, -0.2) is 0 Å². The topological polar surface area (TPSA) is 76.8 Å². The van der Waals surface area contributed by atoms with Crippen LogP contribution in [0.2, 0.25) is 0 Å². The number of benzene rings is 2. The third-order valence-electron chi connectivity index (χ3n) is 3.13. The van der Waals surface area contributed by atoms with Gasteiger partial charge in [-0.3, -0.25) is 0 Å². The smallest absolute Gasteiger partial charge is 0.211 e. The van der Waals surface area contributed by atoms with Crippen LogP contribution in [0.3, 0.4) is 0 Å². The Morgan fingerprint density at radius 1 is 0.900 bits per heavy atom. The molecule has 0 spiro atoms. The van der Waals surface area contributed by atoms with Crippen LogP contribution in [0, 0.1) is 13.8 Å². The van der Waals surface area contributed by atoms with Crippen LogP contribution in [0.5, 0.6) is 0 Å². The monoisotopic (exact) mass is 266 g/mol. The van der Waals surface area contributed by atoms with Crippen molar-refractivity contribution in [3.05, 3.63) is 59.2 Å². The first-order valence-electron chi connectivity index (χ1n) is 6.36. The molecule has 20 heavy (non-hydrogen) atoms. The van der Waals surface area contributed by atoms with Crippen molar-refractivity contribution in [3.63, 3.8) is 0 Å². The van der Waals surface area contributed by atoms with Crippen molar-refractivity contribution in [1.82, 2.24) is 0 Å². The zero-order valence-corrected chi connectivity index (χ0v) is 11.7. The summed E-state index contributed by atoms with van der Waals surface area (Å²) in [6.45, 7) is 4.23. The van der Waals surface area contributed by atoms with E-state index >= 15 is 0 Å². The largest absolute Gasteiger partial charge is 0.369 e. The molecular weight excluding hydrogens is 248 g/mol. The molecule has 0 fully saturated rings. The van der Waals surface area contributed by atoms with Crippen molar-refractivity contribution in [2.75, 3.05) is 0 Å². The molecule has 0 atom stereocenters. The van der Waals surface area contributed by atoms with Crippen molar-refractivity contribution in [2.45, 2.75) is 13.8 Å². The lowest BCUT2D eigenvalue weighted by Crippen LogP contribution is -2.21. The van der Waals surface area contributed by atoms with Crippen LogP contribution in [-0.4, -0.2) is 12.2 Å². The van der Waals surface area contributed by atoms with Crippen LogP contribution in [0.25, 0.3) is 11.1 Å². The lowest BCUT2D eigenvalue weighted by molar-refractivity contribution is 1.21. The molecule has 0 saturated heterocycles. The third kappa shape index (κ3) is 3.45. The summed E-state index contributed by atoms with van der Waals surface area (Å²) in [7, 11) is 0. The molecule has 0 unspecified atom stereocenters. The molecule has 0 aliphatic heterocycles. The predicted molar refractivity (Wildman–Crippen MR) is 84.8 cm³/mol. The molecule has 2 aromatic rings. The van der Waals surface area contributed by atoms with E-state index in [0.29, 0.717) is 0 Å². The highest BCUT2D eigenvalue weighted by molar-refractivity contribution is 5.82. The van der Waals surface area contributed by atoms with Crippen molar-refractivity contribution in [1.29, 1.82) is 0 Å². The number of aryl methyl sites for hydroxylation is 2. The molecular formula is C16H18N4. The summed E-state index contributed by atoms with van der Waals surface area (Å²) in [5.74, 6) is -0.0481. The number of nitrogens with zero attached hydrogens (tertiary/aromatic N) is 2. The van der Waals surface area contributed by atoms with Gasteiger partial charge in [-0.15, -0.1) is 5.10 Å². The highest BCUT2D eigenvalue weighted by Gasteiger charge is 1.99. The fourth-order valence-corrected chi connectivity index (χ4v) is 1.84. The predicted octanol–water partition coefficient (Wildman–Crippen LogP) is 2.58. The van der Waals surface area contributed by atoms with Crippen LogP contribution >= 0.6 is 0 Å². The summed E-state index contributed by atoms with van der Waals surface area (Å²) in [4.78, 5) is 0. The van der Waals surface area contributed by atoms with Gasteiger partial charge in [-0.05, 0) is 41.7 Å². The number of hydrogen-bond donors (Lipinski definition) is 2. The zero-order chi connectivity index (χ0) is 14.5. The minimum Gasteiger partial charge on any atom is -0.369 e. The number of guanidine groups is 1. The minimum absolute atomic E-state index is 0.0481. The Balaban J connectivity index is 2.21. The van der Waals surface area contributed by atoms with E-state index in [9.17, 15) is 0 Å². The average molecular weight is 266 g/mol. The zero-order valence-electron chi connectivity index (χ0n) is 11.7.